The molecule has 0 unspecified atom stereocenters. The van der Waals surface area contributed by atoms with Crippen LogP contribution in [0.15, 0.2) is 60.7 Å². The van der Waals surface area contributed by atoms with Crippen molar-refractivity contribution in [3.05, 3.63) is 94.0 Å². The van der Waals surface area contributed by atoms with E-state index >= 15 is 0 Å². The molecule has 1 aliphatic rings. The van der Waals surface area contributed by atoms with Crippen LogP contribution < -0.4 is 10.1 Å². The Morgan fingerprint density at radius 3 is 2.59 bits per heavy atom. The molecule has 0 aromatic heterocycles. The molecule has 0 atom stereocenters. The molecule has 0 saturated heterocycles. The maximum atomic E-state index is 13.1. The molecule has 2 amide bonds. The molecule has 0 radical (unpaired) electrons. The Morgan fingerprint density at radius 2 is 1.78 bits per heavy atom. The highest BCUT2D eigenvalue weighted by molar-refractivity contribution is 5.97. The van der Waals surface area contributed by atoms with Crippen LogP contribution >= 0.6 is 0 Å². The van der Waals surface area contributed by atoms with E-state index in [0.717, 1.165) is 27.9 Å². The first-order chi connectivity index (χ1) is 15.4. The number of carbonyl (C=O) groups excluding carboxylic acids is 2. The van der Waals surface area contributed by atoms with Crippen molar-refractivity contribution >= 4 is 17.5 Å². The van der Waals surface area contributed by atoms with Gasteiger partial charge in [0, 0.05) is 29.9 Å². The highest BCUT2D eigenvalue weighted by Crippen LogP contribution is 2.29. The van der Waals surface area contributed by atoms with Crippen LogP contribution in [0.25, 0.3) is 0 Å². The summed E-state index contributed by atoms with van der Waals surface area (Å²) in [6.45, 7) is 7.10. The quantitative estimate of drug-likeness (QED) is 0.612. The van der Waals surface area contributed by atoms with Crippen LogP contribution in [0.1, 0.15) is 38.2 Å². The lowest BCUT2D eigenvalue weighted by atomic mass is 9.97. The Labute approximate surface area is 189 Å². The van der Waals surface area contributed by atoms with Crippen molar-refractivity contribution in [1.29, 1.82) is 0 Å². The topological polar surface area (TPSA) is 58.6 Å². The van der Waals surface area contributed by atoms with Gasteiger partial charge in [0.05, 0.1) is 0 Å². The number of fused-ring (bicyclic) bond motifs is 1. The van der Waals surface area contributed by atoms with Gasteiger partial charge in [-0.05, 0) is 62.1 Å². The predicted octanol–water partition coefficient (Wildman–Crippen LogP) is 4.83. The fourth-order valence-electron chi connectivity index (χ4n) is 4.06. The lowest BCUT2D eigenvalue weighted by Gasteiger charge is -2.29. The Hall–Kier alpha value is -3.60. The highest BCUT2D eigenvalue weighted by Gasteiger charge is 2.27. The SMILES string of the molecule is Cc1cccc(CN2CCc3c(OCC(=O)Nc4cc(C)ccc4C)cccc3C2=O)c1. The minimum Gasteiger partial charge on any atom is -0.483 e. The van der Waals surface area contributed by atoms with E-state index in [4.69, 9.17) is 4.74 Å². The Balaban J connectivity index is 1.43. The molecular weight excluding hydrogens is 400 g/mol. The van der Waals surface area contributed by atoms with E-state index in [1.54, 1.807) is 0 Å². The van der Waals surface area contributed by atoms with Crippen LogP contribution in [0.2, 0.25) is 0 Å². The average molecular weight is 429 g/mol. The van der Waals surface area contributed by atoms with Gasteiger partial charge < -0.3 is 15.0 Å². The van der Waals surface area contributed by atoms with Gasteiger partial charge in [-0.2, -0.15) is 0 Å². The molecule has 0 saturated carbocycles. The first-order valence-electron chi connectivity index (χ1n) is 10.9. The van der Waals surface area contributed by atoms with E-state index in [2.05, 4.69) is 24.4 Å². The molecule has 3 aromatic rings. The maximum absolute atomic E-state index is 13.1. The summed E-state index contributed by atoms with van der Waals surface area (Å²) in [6.07, 6.45) is 0.696. The standard InChI is InChI=1S/C27H28N2O3/c1-18-6-4-7-21(14-18)16-29-13-12-22-23(27(29)31)8-5-9-25(22)32-17-26(30)28-24-15-19(2)10-11-20(24)3/h4-11,14-15H,12-13,16-17H2,1-3H3,(H,28,30). The summed E-state index contributed by atoms with van der Waals surface area (Å²) in [6, 6.07) is 19.6. The molecule has 1 heterocycles. The van der Waals surface area contributed by atoms with E-state index < -0.39 is 0 Å². The number of hydrogen-bond acceptors (Lipinski definition) is 3. The van der Waals surface area contributed by atoms with Crippen molar-refractivity contribution < 1.29 is 14.3 Å². The van der Waals surface area contributed by atoms with Crippen LogP contribution in [0, 0.1) is 20.8 Å². The van der Waals surface area contributed by atoms with Crippen molar-refractivity contribution in [2.75, 3.05) is 18.5 Å². The predicted molar refractivity (Wildman–Crippen MR) is 126 cm³/mol. The summed E-state index contributed by atoms with van der Waals surface area (Å²) < 4.78 is 5.84. The zero-order valence-corrected chi connectivity index (χ0v) is 18.8. The van der Waals surface area contributed by atoms with E-state index in [1.165, 1.54) is 5.56 Å². The number of rotatable bonds is 6. The Kier molecular flexibility index (Phi) is 6.26. The molecule has 1 aliphatic heterocycles. The minimum absolute atomic E-state index is 0.00181. The largest absolute Gasteiger partial charge is 0.483 e. The molecule has 0 spiro atoms. The summed E-state index contributed by atoms with van der Waals surface area (Å²) in [5.74, 6) is 0.375. The molecular formula is C27H28N2O3. The van der Waals surface area contributed by atoms with Crippen molar-refractivity contribution in [3.63, 3.8) is 0 Å². The summed E-state index contributed by atoms with van der Waals surface area (Å²) in [5.41, 5.74) is 6.70. The van der Waals surface area contributed by atoms with Gasteiger partial charge in [-0.3, -0.25) is 9.59 Å². The van der Waals surface area contributed by atoms with E-state index in [9.17, 15) is 9.59 Å². The Bertz CT molecular complexity index is 1170. The summed E-state index contributed by atoms with van der Waals surface area (Å²) in [4.78, 5) is 27.4. The van der Waals surface area contributed by atoms with Crippen molar-refractivity contribution in [2.24, 2.45) is 0 Å². The first-order valence-corrected chi connectivity index (χ1v) is 10.9. The lowest BCUT2D eigenvalue weighted by Crippen LogP contribution is -2.37. The van der Waals surface area contributed by atoms with E-state index in [0.29, 0.717) is 30.8 Å². The van der Waals surface area contributed by atoms with Gasteiger partial charge in [-0.1, -0.05) is 48.0 Å². The van der Waals surface area contributed by atoms with Gasteiger partial charge in [0.25, 0.3) is 11.8 Å². The third-order valence-corrected chi connectivity index (χ3v) is 5.76. The fraction of sp³-hybridized carbons (Fsp3) is 0.259. The maximum Gasteiger partial charge on any atom is 0.262 e. The van der Waals surface area contributed by atoms with E-state index in [-0.39, 0.29) is 18.4 Å². The molecule has 5 nitrogen and oxygen atoms in total. The third-order valence-electron chi connectivity index (χ3n) is 5.76. The normalized spacial score (nSPS) is 13.0. The molecule has 0 fully saturated rings. The number of amides is 2. The van der Waals surface area contributed by atoms with Crippen LogP contribution in [-0.2, 0) is 17.8 Å². The zero-order chi connectivity index (χ0) is 22.7. The number of aryl methyl sites for hydroxylation is 3. The number of carbonyl (C=O) groups is 2. The monoisotopic (exact) mass is 428 g/mol. The molecule has 0 bridgehead atoms. The summed E-state index contributed by atoms with van der Waals surface area (Å²) >= 11 is 0. The van der Waals surface area contributed by atoms with Crippen LogP contribution in [0.3, 0.4) is 0 Å². The van der Waals surface area contributed by atoms with Crippen LogP contribution in [0.5, 0.6) is 5.75 Å². The second kappa shape index (κ2) is 9.27. The van der Waals surface area contributed by atoms with Crippen LogP contribution in [-0.4, -0.2) is 29.9 Å². The number of nitrogens with one attached hydrogen (secondary N) is 1. The third kappa shape index (κ3) is 4.83. The molecule has 1 N–H and O–H groups in total. The van der Waals surface area contributed by atoms with Crippen molar-refractivity contribution in [3.8, 4) is 5.75 Å². The fourth-order valence-corrected chi connectivity index (χ4v) is 4.06. The summed E-state index contributed by atoms with van der Waals surface area (Å²) in [7, 11) is 0. The molecule has 3 aromatic carbocycles. The van der Waals surface area contributed by atoms with Gasteiger partial charge in [0.2, 0.25) is 0 Å². The molecule has 4 rings (SSSR count). The van der Waals surface area contributed by atoms with Crippen molar-refractivity contribution in [2.45, 2.75) is 33.7 Å². The smallest absolute Gasteiger partial charge is 0.262 e. The number of benzene rings is 3. The van der Waals surface area contributed by atoms with Gasteiger partial charge >= 0.3 is 0 Å². The minimum atomic E-state index is -0.223. The first kappa shape index (κ1) is 21.6. The second-order valence-corrected chi connectivity index (χ2v) is 8.40. The molecule has 164 valence electrons. The number of nitrogens with zero attached hydrogens (tertiary/aromatic N) is 1. The second-order valence-electron chi connectivity index (χ2n) is 8.40. The average Bonchev–Trinajstić information content (AvgIpc) is 2.77. The molecule has 5 heteroatoms. The number of anilines is 1. The van der Waals surface area contributed by atoms with Gasteiger partial charge in [0.15, 0.2) is 6.61 Å². The zero-order valence-electron chi connectivity index (χ0n) is 18.8. The highest BCUT2D eigenvalue weighted by atomic mass is 16.5. The van der Waals surface area contributed by atoms with E-state index in [1.807, 2.05) is 67.3 Å². The van der Waals surface area contributed by atoms with Gasteiger partial charge in [0.1, 0.15) is 5.75 Å². The number of ether oxygens (including phenoxy) is 1. The summed E-state index contributed by atoms with van der Waals surface area (Å²) in [5, 5.41) is 2.91. The van der Waals surface area contributed by atoms with Gasteiger partial charge in [-0.25, -0.2) is 0 Å². The number of hydrogen-bond donors (Lipinski definition) is 1. The van der Waals surface area contributed by atoms with Crippen molar-refractivity contribution in [1.82, 2.24) is 4.90 Å². The van der Waals surface area contributed by atoms with Crippen LogP contribution in [0.4, 0.5) is 5.69 Å². The lowest BCUT2D eigenvalue weighted by molar-refractivity contribution is -0.118. The van der Waals surface area contributed by atoms with Gasteiger partial charge in [-0.15, -0.1) is 0 Å². The Morgan fingerprint density at radius 1 is 1.00 bits per heavy atom. The molecule has 32 heavy (non-hydrogen) atoms. The molecule has 0 aliphatic carbocycles.